The summed E-state index contributed by atoms with van der Waals surface area (Å²) in [6.45, 7) is 5.06. The molecule has 88 valence electrons. The largest absolute Gasteiger partial charge is 0.389 e. The number of unbranched alkanes of at least 4 members (excludes halogenated alkanes) is 2. The summed E-state index contributed by atoms with van der Waals surface area (Å²) in [6, 6.07) is 3.85. The maximum absolute atomic E-state index is 5.65. The van der Waals surface area contributed by atoms with Crippen LogP contribution in [-0.2, 0) is 0 Å². The fourth-order valence-corrected chi connectivity index (χ4v) is 1.64. The van der Waals surface area contributed by atoms with Gasteiger partial charge in [0.2, 0.25) is 0 Å². The zero-order valence-electron chi connectivity index (χ0n) is 9.92. The number of nitrogens with zero attached hydrogens (tertiary/aromatic N) is 1. The van der Waals surface area contributed by atoms with E-state index in [4.69, 9.17) is 18.0 Å². The molecule has 1 aromatic heterocycles. The van der Waals surface area contributed by atoms with E-state index in [-0.39, 0.29) is 0 Å². The zero-order chi connectivity index (χ0) is 12.0. The lowest BCUT2D eigenvalue weighted by Gasteiger charge is -2.10. The van der Waals surface area contributed by atoms with Crippen molar-refractivity contribution in [2.45, 2.75) is 33.1 Å². The van der Waals surface area contributed by atoms with E-state index in [1.165, 1.54) is 12.8 Å². The molecule has 1 heterocycles. The van der Waals surface area contributed by atoms with Crippen molar-refractivity contribution in [3.63, 3.8) is 0 Å². The summed E-state index contributed by atoms with van der Waals surface area (Å²) >= 11 is 4.99. The molecule has 0 radical (unpaired) electrons. The van der Waals surface area contributed by atoms with Crippen LogP contribution >= 0.6 is 12.2 Å². The Hall–Kier alpha value is -1.16. The molecule has 0 aromatic carbocycles. The van der Waals surface area contributed by atoms with Gasteiger partial charge in [-0.2, -0.15) is 0 Å². The third-order valence-electron chi connectivity index (χ3n) is 2.37. The highest BCUT2D eigenvalue weighted by Gasteiger charge is 2.06. The van der Waals surface area contributed by atoms with Gasteiger partial charge in [0, 0.05) is 12.2 Å². The fourth-order valence-electron chi connectivity index (χ4n) is 1.47. The van der Waals surface area contributed by atoms with Crippen molar-refractivity contribution in [3.05, 3.63) is 23.4 Å². The van der Waals surface area contributed by atoms with E-state index in [1.807, 2.05) is 19.1 Å². The number of aromatic nitrogens is 1. The summed E-state index contributed by atoms with van der Waals surface area (Å²) in [5, 5.41) is 3.29. The van der Waals surface area contributed by atoms with Crippen LogP contribution in [0.4, 0.5) is 5.82 Å². The Balaban J connectivity index is 2.68. The van der Waals surface area contributed by atoms with Gasteiger partial charge < -0.3 is 11.1 Å². The molecule has 0 unspecified atom stereocenters. The van der Waals surface area contributed by atoms with Crippen LogP contribution in [0.25, 0.3) is 0 Å². The normalized spacial score (nSPS) is 10.1. The molecule has 0 aliphatic rings. The number of nitrogens with two attached hydrogens (primary N) is 1. The van der Waals surface area contributed by atoms with Crippen LogP contribution in [0.5, 0.6) is 0 Å². The van der Waals surface area contributed by atoms with Crippen LogP contribution in [0.1, 0.15) is 37.4 Å². The van der Waals surface area contributed by atoms with Gasteiger partial charge in [-0.05, 0) is 25.5 Å². The highest BCUT2D eigenvalue weighted by atomic mass is 32.1. The van der Waals surface area contributed by atoms with E-state index >= 15 is 0 Å². The van der Waals surface area contributed by atoms with Crippen LogP contribution in [0.2, 0.25) is 0 Å². The lowest BCUT2D eigenvalue weighted by Crippen LogP contribution is -2.15. The lowest BCUT2D eigenvalue weighted by molar-refractivity contribution is 0.742. The fraction of sp³-hybridized carbons (Fsp3) is 0.500. The molecule has 1 aromatic rings. The van der Waals surface area contributed by atoms with Gasteiger partial charge in [0.05, 0.1) is 5.56 Å². The van der Waals surface area contributed by atoms with Gasteiger partial charge in [0.25, 0.3) is 0 Å². The minimum atomic E-state index is 0.394. The highest BCUT2D eigenvalue weighted by molar-refractivity contribution is 7.80. The van der Waals surface area contributed by atoms with Gasteiger partial charge >= 0.3 is 0 Å². The third kappa shape index (κ3) is 3.77. The molecule has 16 heavy (non-hydrogen) atoms. The Morgan fingerprint density at radius 1 is 1.44 bits per heavy atom. The summed E-state index contributed by atoms with van der Waals surface area (Å²) in [6.07, 6.45) is 3.58. The van der Waals surface area contributed by atoms with Gasteiger partial charge in [0.1, 0.15) is 10.8 Å². The summed E-state index contributed by atoms with van der Waals surface area (Å²) in [7, 11) is 0. The number of aryl methyl sites for hydroxylation is 1. The van der Waals surface area contributed by atoms with Crippen molar-refractivity contribution >= 4 is 23.0 Å². The first kappa shape index (κ1) is 12.9. The quantitative estimate of drug-likeness (QED) is 0.590. The number of anilines is 1. The van der Waals surface area contributed by atoms with Crippen molar-refractivity contribution in [2.24, 2.45) is 5.73 Å². The summed E-state index contributed by atoms with van der Waals surface area (Å²) in [5.41, 5.74) is 7.45. The number of hydrogen-bond donors (Lipinski definition) is 2. The van der Waals surface area contributed by atoms with Gasteiger partial charge in [-0.15, -0.1) is 0 Å². The topological polar surface area (TPSA) is 50.9 Å². The van der Waals surface area contributed by atoms with E-state index in [1.54, 1.807) is 0 Å². The first-order chi connectivity index (χ1) is 7.65. The lowest BCUT2D eigenvalue weighted by atomic mass is 10.2. The predicted molar refractivity (Wildman–Crippen MR) is 72.9 cm³/mol. The average Bonchev–Trinajstić information content (AvgIpc) is 2.24. The van der Waals surface area contributed by atoms with E-state index in [9.17, 15) is 0 Å². The molecular weight excluding hydrogens is 218 g/mol. The molecule has 3 N–H and O–H groups in total. The molecule has 4 heteroatoms. The molecular formula is C12H19N3S. The molecule has 0 fully saturated rings. The summed E-state index contributed by atoms with van der Waals surface area (Å²) < 4.78 is 0. The molecule has 0 saturated carbocycles. The molecule has 0 aliphatic carbocycles. The Morgan fingerprint density at radius 2 is 2.19 bits per heavy atom. The number of pyridine rings is 1. The minimum Gasteiger partial charge on any atom is -0.389 e. The zero-order valence-corrected chi connectivity index (χ0v) is 10.7. The van der Waals surface area contributed by atoms with Crippen LogP contribution < -0.4 is 11.1 Å². The second-order valence-electron chi connectivity index (χ2n) is 3.85. The molecule has 0 saturated heterocycles. The summed E-state index contributed by atoms with van der Waals surface area (Å²) in [4.78, 5) is 4.81. The van der Waals surface area contributed by atoms with E-state index in [0.717, 1.165) is 30.0 Å². The second kappa shape index (κ2) is 6.43. The maximum atomic E-state index is 5.65. The van der Waals surface area contributed by atoms with Crippen molar-refractivity contribution in [1.82, 2.24) is 4.98 Å². The average molecular weight is 237 g/mol. The first-order valence-electron chi connectivity index (χ1n) is 5.66. The Morgan fingerprint density at radius 3 is 2.81 bits per heavy atom. The molecule has 1 rings (SSSR count). The van der Waals surface area contributed by atoms with Crippen LogP contribution in [-0.4, -0.2) is 16.5 Å². The molecule has 0 bridgehead atoms. The Labute approximate surface area is 102 Å². The summed E-state index contributed by atoms with van der Waals surface area (Å²) in [5.74, 6) is 0.809. The molecule has 0 amide bonds. The van der Waals surface area contributed by atoms with Gasteiger partial charge in [-0.25, -0.2) is 4.98 Å². The van der Waals surface area contributed by atoms with E-state index in [0.29, 0.717) is 4.99 Å². The smallest absolute Gasteiger partial charge is 0.136 e. The molecule has 3 nitrogen and oxygen atoms in total. The second-order valence-corrected chi connectivity index (χ2v) is 4.29. The standard InChI is InChI=1S/C12H19N3S/c1-3-4-5-8-14-12-10(11(13)16)7-6-9(2)15-12/h6-7H,3-5,8H2,1-2H3,(H2,13,16)(H,14,15). The minimum absolute atomic E-state index is 0.394. The van der Waals surface area contributed by atoms with E-state index < -0.39 is 0 Å². The number of rotatable bonds is 6. The first-order valence-corrected chi connectivity index (χ1v) is 6.07. The van der Waals surface area contributed by atoms with Crippen molar-refractivity contribution < 1.29 is 0 Å². The third-order valence-corrected chi connectivity index (χ3v) is 2.59. The molecule has 0 aliphatic heterocycles. The Bertz CT molecular complexity index is 363. The van der Waals surface area contributed by atoms with Crippen LogP contribution in [0, 0.1) is 6.92 Å². The van der Waals surface area contributed by atoms with E-state index in [2.05, 4.69) is 17.2 Å². The molecule has 0 atom stereocenters. The highest BCUT2D eigenvalue weighted by Crippen LogP contribution is 2.13. The van der Waals surface area contributed by atoms with Crippen molar-refractivity contribution in [1.29, 1.82) is 0 Å². The van der Waals surface area contributed by atoms with Crippen LogP contribution in [0.15, 0.2) is 12.1 Å². The van der Waals surface area contributed by atoms with Crippen molar-refractivity contribution in [3.8, 4) is 0 Å². The number of hydrogen-bond acceptors (Lipinski definition) is 3. The number of thiocarbonyl (C=S) groups is 1. The van der Waals surface area contributed by atoms with Crippen molar-refractivity contribution in [2.75, 3.05) is 11.9 Å². The van der Waals surface area contributed by atoms with Gasteiger partial charge in [-0.1, -0.05) is 32.0 Å². The Kier molecular flexibility index (Phi) is 5.19. The monoisotopic (exact) mass is 237 g/mol. The number of nitrogens with one attached hydrogen (secondary N) is 1. The molecule has 0 spiro atoms. The maximum Gasteiger partial charge on any atom is 0.136 e. The van der Waals surface area contributed by atoms with Crippen LogP contribution in [0.3, 0.4) is 0 Å². The van der Waals surface area contributed by atoms with Gasteiger partial charge in [-0.3, -0.25) is 0 Å². The van der Waals surface area contributed by atoms with Gasteiger partial charge in [0.15, 0.2) is 0 Å². The predicted octanol–water partition coefficient (Wildman–Crippen LogP) is 2.63. The SMILES string of the molecule is CCCCCNc1nc(C)ccc1C(N)=S.